The highest BCUT2D eigenvalue weighted by Crippen LogP contribution is 2.45. The number of hydrogen-bond acceptors (Lipinski definition) is 7. The van der Waals surface area contributed by atoms with E-state index in [2.05, 4.69) is 17.5 Å². The van der Waals surface area contributed by atoms with Gasteiger partial charge in [-0.25, -0.2) is 13.2 Å². The van der Waals surface area contributed by atoms with Crippen LogP contribution in [0.15, 0.2) is 23.1 Å². The fraction of sp³-hybridized carbons (Fsp3) is 0.611. The smallest absolute Gasteiger partial charge is 0.330 e. The summed E-state index contributed by atoms with van der Waals surface area (Å²) in [6.07, 6.45) is 2.59. The van der Waals surface area contributed by atoms with Crippen molar-refractivity contribution in [1.29, 1.82) is 10.5 Å². The van der Waals surface area contributed by atoms with Crippen molar-refractivity contribution in [3.8, 4) is 12.1 Å². The van der Waals surface area contributed by atoms with E-state index >= 15 is 0 Å². The number of thiol groups is 1. The molecule has 0 bridgehead atoms. The predicted octanol–water partition coefficient (Wildman–Crippen LogP) is 1.51. The molecule has 26 heavy (non-hydrogen) atoms. The third-order valence-corrected chi connectivity index (χ3v) is 5.77. The number of likely N-dealkylation sites (tertiary alicyclic amines) is 1. The highest BCUT2D eigenvalue weighted by molar-refractivity contribution is 7.77. The molecule has 2 rings (SSSR count). The van der Waals surface area contributed by atoms with Gasteiger partial charge < -0.3 is 4.74 Å². The minimum atomic E-state index is -3.05. The number of rotatable bonds is 4. The number of nitrogens with zero attached hydrogens (tertiary/aromatic N) is 3. The molecule has 0 aromatic rings. The van der Waals surface area contributed by atoms with Crippen LogP contribution < -0.4 is 0 Å². The first kappa shape index (κ1) is 20.2. The number of ether oxygens (including phenoxy) is 1. The zero-order chi connectivity index (χ0) is 19.5. The lowest BCUT2D eigenvalue weighted by Gasteiger charge is -2.44. The molecule has 2 aliphatic rings. The van der Waals surface area contributed by atoms with Crippen LogP contribution in [0.3, 0.4) is 0 Å². The lowest BCUT2D eigenvalue weighted by molar-refractivity contribution is -0.142. The number of carbonyl (C=O) groups excluding carboxylic acids is 1. The molecule has 0 radical (unpaired) electrons. The summed E-state index contributed by atoms with van der Waals surface area (Å²) in [4.78, 5) is 13.2. The zero-order valence-corrected chi connectivity index (χ0v) is 15.9. The third kappa shape index (κ3) is 4.32. The zero-order valence-electron chi connectivity index (χ0n) is 15.0. The molecular formula is C18H23N3O4S. The Morgan fingerprint density at radius 1 is 1.42 bits per heavy atom. The summed E-state index contributed by atoms with van der Waals surface area (Å²) in [5.74, 6) is -1.15. The molecule has 1 heterocycles. The van der Waals surface area contributed by atoms with Crippen molar-refractivity contribution in [3.63, 3.8) is 0 Å². The molecule has 1 saturated carbocycles. The number of allylic oxidation sites excluding steroid dienone is 1. The van der Waals surface area contributed by atoms with E-state index in [1.807, 2.05) is 13.8 Å². The Hall–Kier alpha value is -2.16. The van der Waals surface area contributed by atoms with Crippen LogP contribution >= 0.6 is 0 Å². The van der Waals surface area contributed by atoms with Gasteiger partial charge in [0, 0.05) is 25.2 Å². The average Bonchev–Trinajstić information content (AvgIpc) is 3.02. The van der Waals surface area contributed by atoms with Gasteiger partial charge in [-0.2, -0.15) is 10.5 Å². The molecular weight excluding hydrogens is 354 g/mol. The van der Waals surface area contributed by atoms with Crippen LogP contribution in [0.1, 0.15) is 33.1 Å². The van der Waals surface area contributed by atoms with Gasteiger partial charge in [0.1, 0.15) is 17.1 Å². The molecule has 0 N–H and O–H groups in total. The van der Waals surface area contributed by atoms with E-state index in [1.165, 1.54) is 0 Å². The number of nitriles is 2. The summed E-state index contributed by atoms with van der Waals surface area (Å²) in [5.41, 5.74) is 0.162. The summed E-state index contributed by atoms with van der Waals surface area (Å²) in [7, 11) is -3.05. The first-order valence-corrected chi connectivity index (χ1v) is 9.64. The van der Waals surface area contributed by atoms with Crippen molar-refractivity contribution in [3.05, 3.63) is 23.1 Å². The number of esters is 1. The molecule has 1 aliphatic carbocycles. The Labute approximate surface area is 155 Å². The highest BCUT2D eigenvalue weighted by atomic mass is 32.2. The minimum absolute atomic E-state index is 0.218. The largest absolute Gasteiger partial charge is 0.458 e. The summed E-state index contributed by atoms with van der Waals surface area (Å²) >= 11 is 0. The van der Waals surface area contributed by atoms with Crippen molar-refractivity contribution in [2.45, 2.75) is 45.3 Å². The lowest BCUT2D eigenvalue weighted by atomic mass is 9.67. The van der Waals surface area contributed by atoms with Gasteiger partial charge in [-0.1, -0.05) is 20.4 Å². The van der Waals surface area contributed by atoms with Crippen LogP contribution in [-0.2, 0) is 20.2 Å². The van der Waals surface area contributed by atoms with Crippen molar-refractivity contribution in [1.82, 2.24) is 4.90 Å². The monoisotopic (exact) mass is 377 g/mol. The maximum Gasteiger partial charge on any atom is 0.330 e. The first-order chi connectivity index (χ1) is 12.2. The van der Waals surface area contributed by atoms with Crippen LogP contribution in [0.5, 0.6) is 0 Å². The van der Waals surface area contributed by atoms with Gasteiger partial charge in [0.25, 0.3) is 0 Å². The maximum absolute atomic E-state index is 11.5. The third-order valence-electron chi connectivity index (χ3n) is 5.02. The first-order valence-electron chi connectivity index (χ1n) is 8.46. The van der Waals surface area contributed by atoms with Crippen molar-refractivity contribution < 1.29 is 17.9 Å². The second kappa shape index (κ2) is 8.03. The molecule has 1 saturated heterocycles. The SMILES string of the molecule is C=CC(=O)OC1CCN(C2CC(C)(C)C/C(=C(\C#N)[SH](=O)=O)C2C#N)C1. The molecule has 1 aliphatic heterocycles. The Morgan fingerprint density at radius 2 is 2.12 bits per heavy atom. The van der Waals surface area contributed by atoms with Gasteiger partial charge in [-0.3, -0.25) is 4.90 Å². The molecule has 0 aromatic heterocycles. The average molecular weight is 377 g/mol. The summed E-state index contributed by atoms with van der Waals surface area (Å²) in [5, 5.41) is 19.0. The van der Waals surface area contributed by atoms with Gasteiger partial charge in [-0.15, -0.1) is 0 Å². The molecule has 0 spiro atoms. The molecule has 3 atom stereocenters. The fourth-order valence-corrected chi connectivity index (χ4v) is 4.48. The molecule has 3 unspecified atom stereocenters. The van der Waals surface area contributed by atoms with Crippen molar-refractivity contribution >= 4 is 16.7 Å². The quantitative estimate of drug-likeness (QED) is 0.342. The van der Waals surface area contributed by atoms with Crippen molar-refractivity contribution in [2.24, 2.45) is 11.3 Å². The molecule has 8 heteroatoms. The van der Waals surface area contributed by atoms with Crippen molar-refractivity contribution in [2.75, 3.05) is 13.1 Å². The van der Waals surface area contributed by atoms with Crippen LogP contribution in [-0.4, -0.2) is 44.5 Å². The van der Waals surface area contributed by atoms with Gasteiger partial charge in [0.05, 0.1) is 12.0 Å². The van der Waals surface area contributed by atoms with Gasteiger partial charge in [-0.05, 0) is 30.3 Å². The van der Waals surface area contributed by atoms with E-state index in [0.29, 0.717) is 37.9 Å². The second-order valence-electron chi connectivity index (χ2n) is 7.51. The second-order valence-corrected chi connectivity index (χ2v) is 8.47. The van der Waals surface area contributed by atoms with E-state index in [9.17, 15) is 23.7 Å². The van der Waals surface area contributed by atoms with Gasteiger partial charge in [0.15, 0.2) is 10.7 Å². The Balaban J connectivity index is 2.33. The lowest BCUT2D eigenvalue weighted by Crippen LogP contribution is -2.47. The summed E-state index contributed by atoms with van der Waals surface area (Å²) < 4.78 is 28.3. The van der Waals surface area contributed by atoms with E-state index in [4.69, 9.17) is 4.74 Å². The fourth-order valence-electron chi connectivity index (χ4n) is 3.94. The van der Waals surface area contributed by atoms with E-state index < -0.39 is 22.6 Å². The predicted molar refractivity (Wildman–Crippen MR) is 95.1 cm³/mol. The summed E-state index contributed by atoms with van der Waals surface area (Å²) in [6, 6.07) is 3.76. The molecule has 7 nitrogen and oxygen atoms in total. The molecule has 140 valence electrons. The number of hydrogen-bond donors (Lipinski definition) is 1. The van der Waals surface area contributed by atoms with Crippen LogP contribution in [0.2, 0.25) is 0 Å². The minimum Gasteiger partial charge on any atom is -0.458 e. The standard InChI is InChI=1S/C18H23N3O4S/c1-4-17(22)25-12-5-6-21(11-12)15-8-18(2,3)7-13(14(15)9-19)16(10-20)26(23)24/h4,12,14-15,26H,1,5-8,11H2,2-3H3/b16-13-. The van der Waals surface area contributed by atoms with E-state index in [0.717, 1.165) is 6.08 Å². The molecule has 0 amide bonds. The highest BCUT2D eigenvalue weighted by Gasteiger charge is 2.44. The Bertz CT molecular complexity index is 777. The summed E-state index contributed by atoms with van der Waals surface area (Å²) in [6.45, 7) is 8.53. The normalized spacial score (nSPS) is 30.3. The maximum atomic E-state index is 11.5. The van der Waals surface area contributed by atoms with E-state index in [-0.39, 0.29) is 22.5 Å². The molecule has 0 aromatic carbocycles. The topological polar surface area (TPSA) is 111 Å². The molecule has 2 fully saturated rings. The Kier molecular flexibility index (Phi) is 6.22. The van der Waals surface area contributed by atoms with E-state index in [1.54, 1.807) is 6.07 Å². The van der Waals surface area contributed by atoms with Gasteiger partial charge in [0.2, 0.25) is 0 Å². The van der Waals surface area contributed by atoms with Crippen LogP contribution in [0, 0.1) is 34.0 Å². The van der Waals surface area contributed by atoms with Gasteiger partial charge >= 0.3 is 5.97 Å². The Morgan fingerprint density at radius 3 is 2.65 bits per heavy atom. The van der Waals surface area contributed by atoms with Crippen LogP contribution in [0.4, 0.5) is 0 Å². The van der Waals surface area contributed by atoms with Crippen LogP contribution in [0.25, 0.3) is 0 Å². The number of carbonyl (C=O) groups is 1.